The van der Waals surface area contributed by atoms with Crippen LogP contribution in [0.4, 0.5) is 0 Å². The Morgan fingerprint density at radius 3 is 2.31 bits per heavy atom. The van der Waals surface area contributed by atoms with Crippen LogP contribution in [-0.2, 0) is 14.8 Å². The average molecular weight is 381 g/mol. The molecule has 0 bridgehead atoms. The zero-order valence-electron chi connectivity index (χ0n) is 15.7. The summed E-state index contributed by atoms with van der Waals surface area (Å²) >= 11 is 0. The van der Waals surface area contributed by atoms with E-state index in [-0.39, 0.29) is 22.9 Å². The Kier molecular flexibility index (Phi) is 5.69. The molecule has 2 fully saturated rings. The maximum absolute atomic E-state index is 12.8. The van der Waals surface area contributed by atoms with Crippen LogP contribution in [0.1, 0.15) is 44.0 Å². The minimum atomic E-state index is -3.48. The van der Waals surface area contributed by atoms with Crippen LogP contribution in [-0.4, -0.2) is 61.9 Å². The van der Waals surface area contributed by atoms with Gasteiger partial charge >= 0.3 is 0 Å². The number of hydrogen-bond acceptors (Lipinski definition) is 4. The lowest BCUT2D eigenvalue weighted by atomic mass is 10.0. The van der Waals surface area contributed by atoms with Crippen LogP contribution in [0.3, 0.4) is 0 Å². The molecule has 0 aromatic heterocycles. The number of benzene rings is 1. The molecule has 1 aromatic carbocycles. The summed E-state index contributed by atoms with van der Waals surface area (Å²) in [5.41, 5.74) is 0.511. The molecule has 144 valence electrons. The van der Waals surface area contributed by atoms with Crippen LogP contribution < -0.4 is 0 Å². The fraction of sp³-hybridized carbons (Fsp3) is 0.632. The normalized spacial score (nSPS) is 26.0. The summed E-state index contributed by atoms with van der Waals surface area (Å²) in [5, 5.41) is 0. The molecule has 1 amide bonds. The minimum Gasteiger partial charge on any atom is -0.375 e. The molecule has 1 aromatic rings. The van der Waals surface area contributed by atoms with Crippen LogP contribution in [0.5, 0.6) is 0 Å². The maximum Gasteiger partial charge on any atom is 0.254 e. The van der Waals surface area contributed by atoms with Crippen molar-refractivity contribution >= 4 is 15.9 Å². The van der Waals surface area contributed by atoms with Gasteiger partial charge < -0.3 is 9.64 Å². The van der Waals surface area contributed by atoms with E-state index in [4.69, 9.17) is 4.74 Å². The second-order valence-electron chi connectivity index (χ2n) is 7.56. The fourth-order valence-corrected chi connectivity index (χ4v) is 4.97. The molecular weight excluding hydrogens is 352 g/mol. The number of hydrogen-bond donors (Lipinski definition) is 0. The second-order valence-corrected chi connectivity index (χ2v) is 9.50. The topological polar surface area (TPSA) is 66.9 Å². The first-order valence-corrected chi connectivity index (χ1v) is 10.8. The zero-order chi connectivity index (χ0) is 18.9. The lowest BCUT2D eigenvalue weighted by Gasteiger charge is -2.36. The minimum absolute atomic E-state index is 0.0105. The molecule has 2 atom stereocenters. The molecule has 0 spiro atoms. The summed E-state index contributed by atoms with van der Waals surface area (Å²) in [4.78, 5) is 14.8. The van der Waals surface area contributed by atoms with E-state index in [0.717, 1.165) is 12.8 Å². The van der Waals surface area contributed by atoms with E-state index >= 15 is 0 Å². The lowest BCUT2D eigenvalue weighted by molar-refractivity contribution is -0.0387. The Balaban J connectivity index is 1.74. The third-order valence-electron chi connectivity index (χ3n) is 5.35. The largest absolute Gasteiger partial charge is 0.375 e. The third-order valence-corrected chi connectivity index (χ3v) is 7.26. The Morgan fingerprint density at radius 2 is 1.69 bits per heavy atom. The van der Waals surface area contributed by atoms with E-state index in [9.17, 15) is 13.2 Å². The first-order chi connectivity index (χ1) is 12.3. The van der Waals surface area contributed by atoms with Crippen LogP contribution in [0.15, 0.2) is 29.2 Å². The first-order valence-electron chi connectivity index (χ1n) is 9.32. The van der Waals surface area contributed by atoms with Gasteiger partial charge in [0.25, 0.3) is 5.91 Å². The van der Waals surface area contributed by atoms with Crippen molar-refractivity contribution in [2.24, 2.45) is 5.92 Å². The Labute approximate surface area is 156 Å². The van der Waals surface area contributed by atoms with Crippen LogP contribution in [0.2, 0.25) is 0 Å². The Hall–Kier alpha value is -1.44. The third kappa shape index (κ3) is 3.94. The predicted octanol–water partition coefficient (Wildman–Crippen LogP) is 2.36. The highest BCUT2D eigenvalue weighted by Crippen LogP contribution is 2.24. The SMILES string of the molecule is CC1CCN(S(=O)(=O)c2ccc(C(=O)N3CC(C)OCC3C)cc2)CC1. The standard InChI is InChI=1S/C19H28N2O4S/c1-14-8-10-20(11-9-14)26(23,24)18-6-4-17(5-7-18)19(22)21-12-16(3)25-13-15(21)2/h4-7,14-16H,8-13H2,1-3H3. The van der Waals surface area contributed by atoms with E-state index < -0.39 is 10.0 Å². The van der Waals surface area contributed by atoms with E-state index in [0.29, 0.717) is 37.7 Å². The summed E-state index contributed by atoms with van der Waals surface area (Å²) in [6.07, 6.45) is 1.79. The number of sulfonamides is 1. The van der Waals surface area contributed by atoms with Crippen molar-refractivity contribution in [3.63, 3.8) is 0 Å². The second kappa shape index (κ2) is 7.66. The van der Waals surface area contributed by atoms with E-state index in [1.54, 1.807) is 33.5 Å². The van der Waals surface area contributed by atoms with Gasteiger partial charge in [0.2, 0.25) is 10.0 Å². The molecule has 2 aliphatic heterocycles. The van der Waals surface area contributed by atoms with Crippen LogP contribution >= 0.6 is 0 Å². The van der Waals surface area contributed by atoms with Crippen molar-refractivity contribution in [3.05, 3.63) is 29.8 Å². The lowest BCUT2D eigenvalue weighted by Crippen LogP contribution is -2.50. The summed E-state index contributed by atoms with van der Waals surface area (Å²) in [5.74, 6) is 0.489. The molecular formula is C19H28N2O4S. The molecule has 7 heteroatoms. The van der Waals surface area contributed by atoms with Crippen molar-refractivity contribution in [1.29, 1.82) is 0 Å². The van der Waals surface area contributed by atoms with Gasteiger partial charge in [0.15, 0.2) is 0 Å². The zero-order valence-corrected chi connectivity index (χ0v) is 16.5. The van der Waals surface area contributed by atoms with Crippen LogP contribution in [0.25, 0.3) is 0 Å². The fourth-order valence-electron chi connectivity index (χ4n) is 3.50. The van der Waals surface area contributed by atoms with Gasteiger partial charge in [-0.15, -0.1) is 0 Å². The molecule has 2 heterocycles. The van der Waals surface area contributed by atoms with Gasteiger partial charge in [0.05, 0.1) is 23.6 Å². The molecule has 2 saturated heterocycles. The van der Waals surface area contributed by atoms with Gasteiger partial charge in [0.1, 0.15) is 0 Å². The van der Waals surface area contributed by atoms with Gasteiger partial charge in [-0.2, -0.15) is 4.31 Å². The summed E-state index contributed by atoms with van der Waals surface area (Å²) in [6, 6.07) is 6.35. The molecule has 0 aliphatic carbocycles. The van der Waals surface area contributed by atoms with E-state index in [1.807, 2.05) is 13.8 Å². The number of piperidine rings is 1. The number of morpholine rings is 1. The number of carbonyl (C=O) groups is 1. The highest BCUT2D eigenvalue weighted by molar-refractivity contribution is 7.89. The number of amides is 1. The number of rotatable bonds is 3. The van der Waals surface area contributed by atoms with Crippen molar-refractivity contribution in [2.45, 2.75) is 50.7 Å². The number of carbonyl (C=O) groups excluding carboxylic acids is 1. The average Bonchev–Trinajstić information content (AvgIpc) is 2.63. The molecule has 0 N–H and O–H groups in total. The molecule has 0 radical (unpaired) electrons. The van der Waals surface area contributed by atoms with Gasteiger partial charge in [-0.1, -0.05) is 6.92 Å². The van der Waals surface area contributed by atoms with Crippen molar-refractivity contribution < 1.29 is 17.9 Å². The first kappa shape index (κ1) is 19.3. The number of ether oxygens (including phenoxy) is 1. The molecule has 26 heavy (non-hydrogen) atoms. The predicted molar refractivity (Wildman–Crippen MR) is 99.5 cm³/mol. The van der Waals surface area contributed by atoms with E-state index in [2.05, 4.69) is 6.92 Å². The van der Waals surface area contributed by atoms with Crippen molar-refractivity contribution in [1.82, 2.24) is 9.21 Å². The quantitative estimate of drug-likeness (QED) is 0.807. The highest BCUT2D eigenvalue weighted by Gasteiger charge is 2.30. The van der Waals surface area contributed by atoms with Crippen LogP contribution in [0, 0.1) is 5.92 Å². The number of nitrogens with zero attached hydrogens (tertiary/aromatic N) is 2. The molecule has 2 unspecified atom stereocenters. The van der Waals surface area contributed by atoms with Gasteiger partial charge in [-0.05, 0) is 56.9 Å². The summed E-state index contributed by atoms with van der Waals surface area (Å²) in [7, 11) is -3.48. The highest BCUT2D eigenvalue weighted by atomic mass is 32.2. The van der Waals surface area contributed by atoms with Gasteiger partial charge in [-0.3, -0.25) is 4.79 Å². The Morgan fingerprint density at radius 1 is 1.08 bits per heavy atom. The van der Waals surface area contributed by atoms with Gasteiger partial charge in [0, 0.05) is 25.2 Å². The van der Waals surface area contributed by atoms with E-state index in [1.165, 1.54) is 0 Å². The Bertz CT molecular complexity index is 739. The maximum atomic E-state index is 12.8. The molecule has 6 nitrogen and oxygen atoms in total. The smallest absolute Gasteiger partial charge is 0.254 e. The van der Waals surface area contributed by atoms with Crippen molar-refractivity contribution in [3.8, 4) is 0 Å². The molecule has 0 saturated carbocycles. The monoisotopic (exact) mass is 380 g/mol. The summed E-state index contributed by atoms with van der Waals surface area (Å²) in [6.45, 7) is 8.25. The van der Waals surface area contributed by atoms with Gasteiger partial charge in [-0.25, -0.2) is 8.42 Å². The molecule has 2 aliphatic rings. The van der Waals surface area contributed by atoms with Crippen molar-refractivity contribution in [2.75, 3.05) is 26.2 Å². The molecule has 3 rings (SSSR count). The summed E-state index contributed by atoms with van der Waals surface area (Å²) < 4.78 is 32.7.